The van der Waals surface area contributed by atoms with E-state index in [4.69, 9.17) is 17.3 Å². The lowest BCUT2D eigenvalue weighted by Crippen LogP contribution is -2.42. The van der Waals surface area contributed by atoms with Crippen molar-refractivity contribution >= 4 is 40.2 Å². The third-order valence-electron chi connectivity index (χ3n) is 4.71. The molecule has 0 spiro atoms. The van der Waals surface area contributed by atoms with Crippen molar-refractivity contribution in [2.45, 2.75) is 22.6 Å². The highest BCUT2D eigenvalue weighted by atomic mass is 35.5. The number of halogens is 1. The number of hydrogen-bond acceptors (Lipinski definition) is 7. The number of benzene rings is 1. The maximum Gasteiger partial charge on any atom is 0.151 e. The molecular weight excluding hydrogens is 374 g/mol. The molecule has 3 atom stereocenters. The number of thioether (sulfide) groups is 1. The topological polar surface area (TPSA) is 120 Å². The van der Waals surface area contributed by atoms with Gasteiger partial charge in [0.1, 0.15) is 23.5 Å². The first-order valence-electron chi connectivity index (χ1n) is 8.09. The lowest BCUT2D eigenvalue weighted by atomic mass is 9.90. The predicted octanol–water partition coefficient (Wildman–Crippen LogP) is 1.51. The Balaban J connectivity index is 1.54. The fourth-order valence-corrected chi connectivity index (χ4v) is 4.37. The first-order chi connectivity index (χ1) is 12.5. The van der Waals surface area contributed by atoms with E-state index in [-0.39, 0.29) is 12.6 Å². The third-order valence-corrected chi connectivity index (χ3v) is 6.09. The van der Waals surface area contributed by atoms with Gasteiger partial charge in [-0.15, -0.1) is 11.8 Å². The van der Waals surface area contributed by atoms with Crippen molar-refractivity contribution in [3.63, 3.8) is 0 Å². The molecule has 9 heteroatoms. The summed E-state index contributed by atoms with van der Waals surface area (Å²) in [7, 11) is 0. The zero-order valence-corrected chi connectivity index (χ0v) is 15.3. The number of nitrogens with zero attached hydrogens (tertiary/aromatic N) is 2. The van der Waals surface area contributed by atoms with Crippen molar-refractivity contribution < 1.29 is 10.2 Å². The number of aliphatic hydroxyl groups is 2. The average Bonchev–Trinajstić information content (AvgIpc) is 3.19. The molecule has 2 aromatic heterocycles. The molecule has 2 unspecified atom stereocenters. The Morgan fingerprint density at radius 2 is 2.08 bits per heavy atom. The zero-order chi connectivity index (χ0) is 18.3. The van der Waals surface area contributed by atoms with Crippen LogP contribution in [0, 0.1) is 0 Å². The Kier molecular flexibility index (Phi) is 4.54. The summed E-state index contributed by atoms with van der Waals surface area (Å²) in [5.74, 6) is 0.907. The van der Waals surface area contributed by atoms with Gasteiger partial charge in [0.25, 0.3) is 0 Å². The molecule has 26 heavy (non-hydrogen) atoms. The predicted molar refractivity (Wildman–Crippen MR) is 102 cm³/mol. The molecule has 136 valence electrons. The Labute approximate surface area is 159 Å². The standard InChI is InChI=1S/C17H18ClN5O2S/c18-9-1-3-10(4-2-9)26-6-12-15(24)17(25,7-21-12)11-5-20-14-13(11)22-8-23-16(14)19/h1-5,8,12,15,20-21,24-25H,6-7H2,(H2,19,22,23)/t12-,15?,17?/m1/s1. The molecule has 1 aliphatic heterocycles. The second kappa shape index (κ2) is 6.71. The van der Waals surface area contributed by atoms with E-state index in [9.17, 15) is 10.2 Å². The maximum atomic E-state index is 11.2. The van der Waals surface area contributed by atoms with Crippen LogP contribution in [0.5, 0.6) is 0 Å². The van der Waals surface area contributed by atoms with Crippen molar-refractivity contribution in [1.82, 2.24) is 20.3 Å². The second-order valence-corrected chi connectivity index (χ2v) is 7.84. The molecular formula is C17H18ClN5O2S. The summed E-state index contributed by atoms with van der Waals surface area (Å²) in [6.07, 6.45) is 1.99. The molecule has 0 bridgehead atoms. The molecule has 3 heterocycles. The number of β-amino-alcohol motifs (C(OH)–C–C–N with tert-alkyl or cyclic N) is 1. The number of H-pyrrole nitrogens is 1. The second-order valence-electron chi connectivity index (χ2n) is 6.31. The number of nitrogen functional groups attached to an aromatic ring is 1. The Hall–Kier alpha value is -1.84. The van der Waals surface area contributed by atoms with Gasteiger partial charge in [-0.2, -0.15) is 0 Å². The minimum absolute atomic E-state index is 0.219. The summed E-state index contributed by atoms with van der Waals surface area (Å²) >= 11 is 7.49. The van der Waals surface area contributed by atoms with Crippen LogP contribution < -0.4 is 11.1 Å². The number of hydrogen-bond donors (Lipinski definition) is 5. The summed E-state index contributed by atoms with van der Waals surface area (Å²) in [6, 6.07) is 7.24. The number of nitrogens with one attached hydrogen (secondary N) is 2. The lowest BCUT2D eigenvalue weighted by Gasteiger charge is -2.27. The van der Waals surface area contributed by atoms with Gasteiger partial charge in [0.2, 0.25) is 0 Å². The smallest absolute Gasteiger partial charge is 0.151 e. The van der Waals surface area contributed by atoms with Gasteiger partial charge in [0, 0.05) is 40.0 Å². The summed E-state index contributed by atoms with van der Waals surface area (Å²) in [4.78, 5) is 12.2. The summed E-state index contributed by atoms with van der Waals surface area (Å²) in [6.45, 7) is 0.219. The van der Waals surface area contributed by atoms with Gasteiger partial charge >= 0.3 is 0 Å². The van der Waals surface area contributed by atoms with Crippen molar-refractivity contribution in [2.24, 2.45) is 0 Å². The van der Waals surface area contributed by atoms with E-state index in [1.165, 1.54) is 6.33 Å². The highest BCUT2D eigenvalue weighted by Gasteiger charge is 2.49. The van der Waals surface area contributed by atoms with Crippen LogP contribution in [0.25, 0.3) is 11.0 Å². The number of anilines is 1. The Bertz CT molecular complexity index is 935. The molecule has 6 N–H and O–H groups in total. The van der Waals surface area contributed by atoms with Gasteiger partial charge in [0.15, 0.2) is 5.82 Å². The zero-order valence-electron chi connectivity index (χ0n) is 13.7. The van der Waals surface area contributed by atoms with Crippen LogP contribution in [-0.4, -0.2) is 49.6 Å². The van der Waals surface area contributed by atoms with E-state index in [2.05, 4.69) is 20.3 Å². The van der Waals surface area contributed by atoms with E-state index in [1.54, 1.807) is 18.0 Å². The molecule has 0 radical (unpaired) electrons. The van der Waals surface area contributed by atoms with E-state index in [1.807, 2.05) is 24.3 Å². The van der Waals surface area contributed by atoms with Gasteiger partial charge in [-0.05, 0) is 24.3 Å². The van der Waals surface area contributed by atoms with E-state index in [0.29, 0.717) is 33.2 Å². The van der Waals surface area contributed by atoms with Crippen molar-refractivity contribution in [3.8, 4) is 0 Å². The molecule has 1 aromatic carbocycles. The fraction of sp³-hybridized carbons (Fsp3) is 0.294. The monoisotopic (exact) mass is 391 g/mol. The molecule has 4 rings (SSSR count). The van der Waals surface area contributed by atoms with Crippen LogP contribution in [0.4, 0.5) is 5.82 Å². The normalized spacial score (nSPS) is 25.8. The number of aromatic nitrogens is 3. The van der Waals surface area contributed by atoms with Crippen LogP contribution >= 0.6 is 23.4 Å². The van der Waals surface area contributed by atoms with Crippen LogP contribution in [0.3, 0.4) is 0 Å². The van der Waals surface area contributed by atoms with Crippen LogP contribution in [0.1, 0.15) is 5.56 Å². The Morgan fingerprint density at radius 1 is 1.31 bits per heavy atom. The van der Waals surface area contributed by atoms with Crippen molar-refractivity contribution in [2.75, 3.05) is 18.0 Å². The number of aromatic amines is 1. The molecule has 1 aliphatic rings. The Morgan fingerprint density at radius 3 is 2.85 bits per heavy atom. The molecule has 0 amide bonds. The molecule has 1 saturated heterocycles. The summed E-state index contributed by atoms with van der Waals surface area (Å²) in [5.41, 5.74) is 5.98. The number of aliphatic hydroxyl groups excluding tert-OH is 1. The molecule has 1 fully saturated rings. The van der Waals surface area contributed by atoms with Gasteiger partial charge in [-0.1, -0.05) is 11.6 Å². The summed E-state index contributed by atoms with van der Waals surface area (Å²) < 4.78 is 0. The number of nitrogens with two attached hydrogens (primary N) is 1. The van der Waals surface area contributed by atoms with Gasteiger partial charge in [-0.3, -0.25) is 0 Å². The molecule has 0 saturated carbocycles. The molecule has 3 aromatic rings. The highest BCUT2D eigenvalue weighted by molar-refractivity contribution is 7.99. The first kappa shape index (κ1) is 17.6. The minimum Gasteiger partial charge on any atom is -0.388 e. The highest BCUT2D eigenvalue weighted by Crippen LogP contribution is 2.37. The number of fused-ring (bicyclic) bond motifs is 1. The van der Waals surface area contributed by atoms with E-state index >= 15 is 0 Å². The third kappa shape index (κ3) is 2.93. The number of rotatable bonds is 4. The SMILES string of the molecule is Nc1ncnc2c(C3(O)CN[C@H](CSc4ccc(Cl)cc4)C3O)c[nH]c12. The largest absolute Gasteiger partial charge is 0.388 e. The van der Waals surface area contributed by atoms with E-state index in [0.717, 1.165) is 4.90 Å². The minimum atomic E-state index is -1.45. The van der Waals surface area contributed by atoms with Crippen LogP contribution in [0.2, 0.25) is 5.02 Å². The van der Waals surface area contributed by atoms with Crippen molar-refractivity contribution in [3.05, 3.63) is 47.4 Å². The van der Waals surface area contributed by atoms with Gasteiger partial charge in [-0.25, -0.2) is 9.97 Å². The fourth-order valence-electron chi connectivity index (χ4n) is 3.25. The molecule has 7 nitrogen and oxygen atoms in total. The lowest BCUT2D eigenvalue weighted by molar-refractivity contribution is -0.0513. The summed E-state index contributed by atoms with van der Waals surface area (Å²) in [5, 5.41) is 25.8. The van der Waals surface area contributed by atoms with Crippen LogP contribution in [-0.2, 0) is 5.60 Å². The van der Waals surface area contributed by atoms with Gasteiger partial charge in [0.05, 0.1) is 5.52 Å². The molecule has 0 aliphatic carbocycles. The van der Waals surface area contributed by atoms with E-state index < -0.39 is 11.7 Å². The first-order valence-corrected chi connectivity index (χ1v) is 9.45. The van der Waals surface area contributed by atoms with Gasteiger partial charge < -0.3 is 26.2 Å². The van der Waals surface area contributed by atoms with Crippen LogP contribution in [0.15, 0.2) is 41.7 Å². The van der Waals surface area contributed by atoms with Crippen molar-refractivity contribution in [1.29, 1.82) is 0 Å². The average molecular weight is 392 g/mol. The quantitative estimate of drug-likeness (QED) is 0.427. The maximum absolute atomic E-state index is 11.2.